The molecule has 0 bridgehead atoms. The molecule has 0 fully saturated rings. The number of aliphatic hydroxyl groups excluding tert-OH is 1. The predicted octanol–water partition coefficient (Wildman–Crippen LogP) is -2.03. The first-order valence-electron chi connectivity index (χ1n) is 9.26. The second kappa shape index (κ2) is 14.2. The molecule has 0 aromatic rings. The highest BCUT2D eigenvalue weighted by Crippen LogP contribution is 1.98. The van der Waals surface area contributed by atoms with Gasteiger partial charge in [-0.05, 0) is 25.7 Å². The molecule has 0 saturated carbocycles. The van der Waals surface area contributed by atoms with Gasteiger partial charge in [0.1, 0.15) is 18.4 Å². The van der Waals surface area contributed by atoms with Crippen LogP contribution in [-0.4, -0.2) is 73.1 Å². The molecule has 0 saturated heterocycles. The Bertz CT molecular complexity index is 579. The van der Waals surface area contributed by atoms with Crippen molar-refractivity contribution in [3.05, 3.63) is 0 Å². The third kappa shape index (κ3) is 12.2. The summed E-state index contributed by atoms with van der Waals surface area (Å²) < 4.78 is 4.88. The van der Waals surface area contributed by atoms with Crippen molar-refractivity contribution in [1.82, 2.24) is 16.0 Å². The molecule has 3 amide bonds. The normalized spacial score (nSPS) is 13.6. The second-order valence-electron chi connectivity index (χ2n) is 6.80. The van der Waals surface area contributed by atoms with Crippen LogP contribution in [0.25, 0.3) is 0 Å². The summed E-state index contributed by atoms with van der Waals surface area (Å²) in [5.41, 5.74) is 10.4. The van der Waals surface area contributed by atoms with E-state index in [1.165, 1.54) is 6.92 Å². The fourth-order valence-electron chi connectivity index (χ4n) is 2.00. The summed E-state index contributed by atoms with van der Waals surface area (Å²) in [6.45, 7) is 4.87. The number of ether oxygens (including phenoxy) is 1. The van der Waals surface area contributed by atoms with E-state index in [-0.39, 0.29) is 18.5 Å². The number of guanidine groups is 1. The minimum atomic E-state index is -1.29. The van der Waals surface area contributed by atoms with Gasteiger partial charge in [0.25, 0.3) is 0 Å². The van der Waals surface area contributed by atoms with Gasteiger partial charge in [-0.1, -0.05) is 13.8 Å². The first-order valence-corrected chi connectivity index (χ1v) is 9.26. The number of hydrogen-bond donors (Lipinski definition) is 6. The van der Waals surface area contributed by atoms with E-state index in [1.807, 2.05) is 13.8 Å². The Morgan fingerprint density at radius 2 is 1.76 bits per heavy atom. The number of rotatable bonds is 13. The third-order valence-electron chi connectivity index (χ3n) is 3.55. The maximum absolute atomic E-state index is 12.2. The zero-order valence-electron chi connectivity index (χ0n) is 17.0. The second-order valence-corrected chi connectivity index (χ2v) is 6.80. The van der Waals surface area contributed by atoms with E-state index in [0.717, 1.165) is 0 Å². The van der Waals surface area contributed by atoms with Crippen molar-refractivity contribution >= 4 is 30.2 Å². The van der Waals surface area contributed by atoms with Crippen LogP contribution in [0.2, 0.25) is 0 Å². The van der Waals surface area contributed by atoms with Gasteiger partial charge in [0.2, 0.25) is 11.8 Å². The number of nitrogens with two attached hydrogens (primary N) is 2. The van der Waals surface area contributed by atoms with Crippen LogP contribution in [0.1, 0.15) is 33.6 Å². The Morgan fingerprint density at radius 1 is 1.10 bits per heavy atom. The smallest absolute Gasteiger partial charge is 0.407 e. The van der Waals surface area contributed by atoms with Crippen molar-refractivity contribution in [1.29, 1.82) is 0 Å². The standard InChI is InChI=1S/C17H32N6O6/c1-10(2)9-29-17(28)23-13(8-25)15(27)21-11(3)14(26)22-12(7-24)5-4-6-20-16(18)19/h7,10-13,25H,4-6,8-9H2,1-3H3,(H,21,27)(H,22,26)(H,23,28)(H4,18,19,20). The van der Waals surface area contributed by atoms with E-state index in [1.54, 1.807) is 0 Å². The van der Waals surface area contributed by atoms with Crippen molar-refractivity contribution in [2.24, 2.45) is 22.4 Å². The molecule has 0 aromatic carbocycles. The lowest BCUT2D eigenvalue weighted by molar-refractivity contribution is -0.131. The van der Waals surface area contributed by atoms with Crippen molar-refractivity contribution in [2.45, 2.75) is 51.7 Å². The molecule has 3 unspecified atom stereocenters. The predicted molar refractivity (Wildman–Crippen MR) is 106 cm³/mol. The Balaban J connectivity index is 4.53. The highest BCUT2D eigenvalue weighted by Gasteiger charge is 2.25. The van der Waals surface area contributed by atoms with Crippen LogP contribution in [-0.2, 0) is 19.1 Å². The Kier molecular flexibility index (Phi) is 12.7. The van der Waals surface area contributed by atoms with Gasteiger partial charge >= 0.3 is 6.09 Å². The van der Waals surface area contributed by atoms with E-state index in [0.29, 0.717) is 25.7 Å². The molecule has 166 valence electrons. The summed E-state index contributed by atoms with van der Waals surface area (Å²) in [5, 5.41) is 16.4. The minimum Gasteiger partial charge on any atom is -0.449 e. The Hall–Kier alpha value is -2.89. The maximum atomic E-state index is 12.2. The third-order valence-corrected chi connectivity index (χ3v) is 3.55. The first-order chi connectivity index (χ1) is 13.6. The maximum Gasteiger partial charge on any atom is 0.407 e. The molecular formula is C17H32N6O6. The lowest BCUT2D eigenvalue weighted by Gasteiger charge is -2.21. The number of hydrogen-bond acceptors (Lipinski definition) is 7. The topological polar surface area (TPSA) is 198 Å². The van der Waals surface area contributed by atoms with Crippen LogP contribution in [0, 0.1) is 5.92 Å². The summed E-state index contributed by atoms with van der Waals surface area (Å²) in [6.07, 6.45) is 0.504. The number of alkyl carbamates (subject to hydrolysis) is 1. The van der Waals surface area contributed by atoms with Crippen LogP contribution in [0.3, 0.4) is 0 Å². The molecule has 3 atom stereocenters. The zero-order chi connectivity index (χ0) is 22.4. The lowest BCUT2D eigenvalue weighted by Crippen LogP contribution is -2.55. The summed E-state index contributed by atoms with van der Waals surface area (Å²) in [5.74, 6) is -1.33. The van der Waals surface area contributed by atoms with Crippen LogP contribution in [0.15, 0.2) is 4.99 Å². The van der Waals surface area contributed by atoms with Gasteiger partial charge in [-0.15, -0.1) is 0 Å². The van der Waals surface area contributed by atoms with Gasteiger partial charge in [0, 0.05) is 6.54 Å². The van der Waals surface area contributed by atoms with Crippen molar-refractivity contribution < 1.29 is 29.0 Å². The Labute approximate surface area is 169 Å². The molecule has 0 heterocycles. The van der Waals surface area contributed by atoms with Gasteiger partial charge in [-0.25, -0.2) is 4.79 Å². The van der Waals surface area contributed by atoms with Crippen LogP contribution < -0.4 is 27.4 Å². The number of nitrogens with zero attached hydrogens (tertiary/aromatic N) is 1. The van der Waals surface area contributed by atoms with Gasteiger partial charge in [-0.2, -0.15) is 0 Å². The average molecular weight is 416 g/mol. The molecule has 0 radical (unpaired) electrons. The molecule has 0 aliphatic heterocycles. The minimum absolute atomic E-state index is 0.0619. The van der Waals surface area contributed by atoms with Gasteiger partial charge in [-0.3, -0.25) is 14.6 Å². The molecule has 0 spiro atoms. The van der Waals surface area contributed by atoms with Crippen LogP contribution >= 0.6 is 0 Å². The van der Waals surface area contributed by atoms with Gasteiger partial charge in [0.05, 0.1) is 19.3 Å². The van der Waals surface area contributed by atoms with Crippen LogP contribution in [0.4, 0.5) is 4.79 Å². The summed E-state index contributed by atoms with van der Waals surface area (Å²) in [7, 11) is 0. The SMILES string of the molecule is CC(C)COC(=O)NC(CO)C(=O)NC(C)C(=O)NC(C=O)CCCN=C(N)N. The number of amides is 3. The molecule has 0 rings (SSSR count). The highest BCUT2D eigenvalue weighted by molar-refractivity contribution is 5.91. The van der Waals surface area contributed by atoms with Crippen molar-refractivity contribution in [2.75, 3.05) is 19.8 Å². The summed E-state index contributed by atoms with van der Waals surface area (Å²) >= 11 is 0. The molecular weight excluding hydrogens is 384 g/mol. The number of aliphatic hydroxyl groups is 1. The average Bonchev–Trinajstić information content (AvgIpc) is 2.65. The summed E-state index contributed by atoms with van der Waals surface area (Å²) in [6, 6.07) is -3.06. The number of aldehydes is 1. The highest BCUT2D eigenvalue weighted by atomic mass is 16.5. The fourth-order valence-corrected chi connectivity index (χ4v) is 2.00. The number of aliphatic imine (C=N–C) groups is 1. The molecule has 0 aromatic heterocycles. The molecule has 0 aliphatic carbocycles. The zero-order valence-corrected chi connectivity index (χ0v) is 17.0. The van der Waals surface area contributed by atoms with E-state index in [4.69, 9.17) is 16.2 Å². The number of nitrogens with one attached hydrogen (secondary N) is 3. The van der Waals surface area contributed by atoms with E-state index >= 15 is 0 Å². The van der Waals surface area contributed by atoms with E-state index in [2.05, 4.69) is 20.9 Å². The number of carbonyl (C=O) groups excluding carboxylic acids is 4. The van der Waals surface area contributed by atoms with Crippen LogP contribution in [0.5, 0.6) is 0 Å². The first kappa shape index (κ1) is 26.1. The number of carbonyl (C=O) groups is 4. The van der Waals surface area contributed by atoms with Crippen molar-refractivity contribution in [3.8, 4) is 0 Å². The van der Waals surface area contributed by atoms with E-state index in [9.17, 15) is 24.3 Å². The Morgan fingerprint density at radius 3 is 2.28 bits per heavy atom. The van der Waals surface area contributed by atoms with E-state index < -0.39 is 42.6 Å². The van der Waals surface area contributed by atoms with Crippen molar-refractivity contribution in [3.63, 3.8) is 0 Å². The molecule has 8 N–H and O–H groups in total. The summed E-state index contributed by atoms with van der Waals surface area (Å²) in [4.78, 5) is 50.9. The molecule has 12 heteroatoms. The van der Waals surface area contributed by atoms with Gasteiger partial charge < -0.3 is 42.1 Å². The molecule has 29 heavy (non-hydrogen) atoms. The fraction of sp³-hybridized carbons (Fsp3) is 0.706. The molecule has 12 nitrogen and oxygen atoms in total. The lowest BCUT2D eigenvalue weighted by atomic mass is 10.1. The quantitative estimate of drug-likeness (QED) is 0.0854. The largest absolute Gasteiger partial charge is 0.449 e. The monoisotopic (exact) mass is 416 g/mol. The van der Waals surface area contributed by atoms with Gasteiger partial charge in [0.15, 0.2) is 5.96 Å². The molecule has 0 aliphatic rings.